The van der Waals surface area contributed by atoms with Gasteiger partial charge in [-0.2, -0.15) is 5.10 Å². The van der Waals surface area contributed by atoms with Gasteiger partial charge in [0.1, 0.15) is 5.82 Å². The first-order chi connectivity index (χ1) is 9.69. The molecule has 0 aliphatic carbocycles. The van der Waals surface area contributed by atoms with Gasteiger partial charge < -0.3 is 10.5 Å². The molecule has 0 aliphatic heterocycles. The lowest BCUT2D eigenvalue weighted by Gasteiger charge is -2.04. The number of para-hydroxylation sites is 1. The van der Waals surface area contributed by atoms with Crippen LogP contribution in [-0.2, 0) is 11.2 Å². The number of hydrogen-bond donors (Lipinski definition) is 1. The zero-order chi connectivity index (χ0) is 14.5. The van der Waals surface area contributed by atoms with E-state index in [0.29, 0.717) is 17.8 Å². The number of carbonyl (C=O) groups is 1. The second kappa shape index (κ2) is 6.18. The lowest BCUT2D eigenvalue weighted by atomic mass is 10.1. The molecule has 0 saturated heterocycles. The van der Waals surface area contributed by atoms with Crippen LogP contribution >= 0.6 is 0 Å². The van der Waals surface area contributed by atoms with E-state index in [9.17, 15) is 9.18 Å². The summed E-state index contributed by atoms with van der Waals surface area (Å²) >= 11 is 0. The highest BCUT2D eigenvalue weighted by molar-refractivity contribution is 5.90. The van der Waals surface area contributed by atoms with E-state index in [2.05, 4.69) is 5.10 Å². The van der Waals surface area contributed by atoms with Gasteiger partial charge in [0.2, 0.25) is 0 Å². The third-order valence-electron chi connectivity index (χ3n) is 2.96. The lowest BCUT2D eigenvalue weighted by Crippen LogP contribution is -2.06. The van der Waals surface area contributed by atoms with E-state index >= 15 is 0 Å². The Labute approximate surface area is 116 Å². The fraction of sp³-hybridized carbons (Fsp3) is 0.286. The molecule has 0 bridgehead atoms. The Morgan fingerprint density at radius 2 is 2.10 bits per heavy atom. The van der Waals surface area contributed by atoms with Crippen molar-refractivity contribution in [3.8, 4) is 5.69 Å². The van der Waals surface area contributed by atoms with Crippen molar-refractivity contribution in [1.29, 1.82) is 0 Å². The number of nitrogens with zero attached hydrogens (tertiary/aromatic N) is 2. The van der Waals surface area contributed by atoms with Gasteiger partial charge in [-0.25, -0.2) is 9.48 Å². The summed E-state index contributed by atoms with van der Waals surface area (Å²) < 4.78 is 18.5. The molecule has 2 aromatic rings. The van der Waals surface area contributed by atoms with E-state index in [0.717, 1.165) is 5.69 Å². The number of aromatic nitrogens is 2. The van der Waals surface area contributed by atoms with Crippen LogP contribution in [0, 0.1) is 0 Å². The Kier molecular flexibility index (Phi) is 4.34. The van der Waals surface area contributed by atoms with Crippen LogP contribution in [0.4, 0.5) is 10.2 Å². The largest absolute Gasteiger partial charge is 0.464 e. The first kappa shape index (κ1) is 14.0. The summed E-state index contributed by atoms with van der Waals surface area (Å²) in [4.78, 5) is 11.7. The molecule has 5 nitrogen and oxygen atoms in total. The molecule has 0 atom stereocenters. The molecule has 20 heavy (non-hydrogen) atoms. The number of halogens is 1. The lowest BCUT2D eigenvalue weighted by molar-refractivity contribution is 0.0592. The molecule has 2 rings (SSSR count). The van der Waals surface area contributed by atoms with Crippen molar-refractivity contribution in [3.05, 3.63) is 41.6 Å². The van der Waals surface area contributed by atoms with Crippen molar-refractivity contribution in [2.45, 2.75) is 12.8 Å². The highest BCUT2D eigenvalue weighted by Crippen LogP contribution is 2.23. The summed E-state index contributed by atoms with van der Waals surface area (Å²) in [6, 6.07) is 9.20. The first-order valence-corrected chi connectivity index (χ1v) is 6.26. The second-order valence-electron chi connectivity index (χ2n) is 4.24. The smallest absolute Gasteiger partial charge is 0.358 e. The number of ether oxygens (including phenoxy) is 1. The summed E-state index contributed by atoms with van der Waals surface area (Å²) in [6.07, 6.45) is 0.633. The number of methoxy groups -OCH3 is 1. The van der Waals surface area contributed by atoms with Crippen LogP contribution < -0.4 is 5.73 Å². The monoisotopic (exact) mass is 277 g/mol. The average molecular weight is 277 g/mol. The summed E-state index contributed by atoms with van der Waals surface area (Å²) in [6.45, 7) is -0.476. The normalized spacial score (nSPS) is 10.5. The van der Waals surface area contributed by atoms with Crippen LogP contribution in [0.3, 0.4) is 0 Å². The maximum Gasteiger partial charge on any atom is 0.358 e. The Morgan fingerprint density at radius 1 is 1.40 bits per heavy atom. The second-order valence-corrected chi connectivity index (χ2v) is 4.24. The number of esters is 1. The molecule has 0 saturated carbocycles. The van der Waals surface area contributed by atoms with Gasteiger partial charge in [0.15, 0.2) is 5.69 Å². The van der Waals surface area contributed by atoms with Crippen molar-refractivity contribution in [1.82, 2.24) is 9.78 Å². The molecule has 0 aliphatic rings. The Balaban J connectivity index is 2.49. The molecule has 0 fully saturated rings. The molecule has 6 heteroatoms. The van der Waals surface area contributed by atoms with E-state index in [1.54, 1.807) is 0 Å². The number of benzene rings is 1. The van der Waals surface area contributed by atoms with Crippen LogP contribution in [0.1, 0.15) is 22.5 Å². The van der Waals surface area contributed by atoms with Gasteiger partial charge in [0, 0.05) is 5.56 Å². The SMILES string of the molecule is COC(=O)c1nn(-c2ccccc2)c(N)c1CCCF. The maximum absolute atomic E-state index is 12.4. The van der Waals surface area contributed by atoms with Crippen LogP contribution in [0.2, 0.25) is 0 Å². The molecule has 0 unspecified atom stereocenters. The minimum Gasteiger partial charge on any atom is -0.464 e. The fourth-order valence-corrected chi connectivity index (χ4v) is 1.98. The Hall–Kier alpha value is -2.37. The number of carbonyl (C=O) groups excluding carboxylic acids is 1. The van der Waals surface area contributed by atoms with Crippen LogP contribution in [0.15, 0.2) is 30.3 Å². The highest BCUT2D eigenvalue weighted by Gasteiger charge is 2.22. The molecule has 0 amide bonds. The molecule has 0 radical (unpaired) electrons. The van der Waals surface area contributed by atoms with Gasteiger partial charge in [0.05, 0.1) is 19.5 Å². The number of nitrogens with two attached hydrogens (primary N) is 1. The topological polar surface area (TPSA) is 70.1 Å². The fourth-order valence-electron chi connectivity index (χ4n) is 1.98. The van der Waals surface area contributed by atoms with Crippen molar-refractivity contribution in [2.24, 2.45) is 0 Å². The molecule has 2 N–H and O–H groups in total. The maximum atomic E-state index is 12.4. The van der Waals surface area contributed by atoms with E-state index in [1.165, 1.54) is 11.8 Å². The first-order valence-electron chi connectivity index (χ1n) is 6.26. The third kappa shape index (κ3) is 2.64. The summed E-state index contributed by atoms with van der Waals surface area (Å²) in [7, 11) is 1.28. The molecule has 0 spiro atoms. The van der Waals surface area contributed by atoms with Gasteiger partial charge in [-0.15, -0.1) is 0 Å². The van der Waals surface area contributed by atoms with Gasteiger partial charge in [-0.1, -0.05) is 18.2 Å². The summed E-state index contributed by atoms with van der Waals surface area (Å²) in [5, 5.41) is 4.20. The van der Waals surface area contributed by atoms with Crippen molar-refractivity contribution < 1.29 is 13.9 Å². The molecule has 1 aromatic heterocycles. The Morgan fingerprint density at radius 3 is 2.70 bits per heavy atom. The quantitative estimate of drug-likeness (QED) is 0.850. The van der Waals surface area contributed by atoms with Crippen LogP contribution in [-0.4, -0.2) is 29.5 Å². The highest BCUT2D eigenvalue weighted by atomic mass is 19.1. The molecule has 1 heterocycles. The zero-order valence-corrected chi connectivity index (χ0v) is 11.2. The summed E-state index contributed by atoms with van der Waals surface area (Å²) in [5.41, 5.74) is 7.44. The minimum atomic E-state index is -0.569. The number of rotatable bonds is 5. The number of nitrogen functional groups attached to an aromatic ring is 1. The predicted octanol–water partition coefficient (Wildman–Crippen LogP) is 2.14. The van der Waals surface area contributed by atoms with Crippen LogP contribution in [0.5, 0.6) is 0 Å². The molecular weight excluding hydrogens is 261 g/mol. The van der Waals surface area contributed by atoms with E-state index in [-0.39, 0.29) is 12.1 Å². The summed E-state index contributed by atoms with van der Waals surface area (Å²) in [5.74, 6) is -0.231. The standard InChI is InChI=1S/C14H16FN3O2/c1-20-14(19)12-11(8-5-9-15)13(16)18(17-12)10-6-3-2-4-7-10/h2-4,6-7H,5,8-9,16H2,1H3. The molecule has 1 aromatic carbocycles. The van der Waals surface area contributed by atoms with Crippen molar-refractivity contribution >= 4 is 11.8 Å². The van der Waals surface area contributed by atoms with Gasteiger partial charge in [-0.05, 0) is 25.0 Å². The average Bonchev–Trinajstić information content (AvgIpc) is 2.82. The zero-order valence-electron chi connectivity index (χ0n) is 11.2. The van der Waals surface area contributed by atoms with Gasteiger partial charge >= 0.3 is 5.97 Å². The van der Waals surface area contributed by atoms with Gasteiger partial charge in [-0.3, -0.25) is 4.39 Å². The van der Waals surface area contributed by atoms with E-state index < -0.39 is 12.6 Å². The van der Waals surface area contributed by atoms with Crippen LogP contribution in [0.25, 0.3) is 5.69 Å². The number of alkyl halides is 1. The molecule has 106 valence electrons. The molecular formula is C14H16FN3O2. The van der Waals surface area contributed by atoms with Crippen molar-refractivity contribution in [2.75, 3.05) is 19.5 Å². The Bertz CT molecular complexity index is 596. The van der Waals surface area contributed by atoms with E-state index in [1.807, 2.05) is 30.3 Å². The van der Waals surface area contributed by atoms with E-state index in [4.69, 9.17) is 10.5 Å². The third-order valence-corrected chi connectivity index (χ3v) is 2.96. The van der Waals surface area contributed by atoms with Crippen molar-refractivity contribution in [3.63, 3.8) is 0 Å². The minimum absolute atomic E-state index is 0.141. The number of hydrogen-bond acceptors (Lipinski definition) is 4. The number of anilines is 1. The predicted molar refractivity (Wildman–Crippen MR) is 73.6 cm³/mol. The van der Waals surface area contributed by atoms with Gasteiger partial charge in [0.25, 0.3) is 0 Å².